The molecule has 0 unspecified atom stereocenters. The third-order valence-electron chi connectivity index (χ3n) is 9.56. The smallest absolute Gasteiger partial charge is 0.416 e. The van der Waals surface area contributed by atoms with Gasteiger partial charge in [0.15, 0.2) is 5.65 Å². The van der Waals surface area contributed by atoms with Crippen LogP contribution in [0.4, 0.5) is 15.4 Å². The van der Waals surface area contributed by atoms with Crippen molar-refractivity contribution in [2.45, 2.75) is 89.2 Å². The van der Waals surface area contributed by atoms with Gasteiger partial charge in [0, 0.05) is 50.6 Å². The number of imidazole rings is 1. The molecule has 1 aromatic carbocycles. The highest BCUT2D eigenvalue weighted by molar-refractivity contribution is 7.90. The van der Waals surface area contributed by atoms with Gasteiger partial charge in [-0.05, 0) is 103 Å². The van der Waals surface area contributed by atoms with E-state index in [4.69, 9.17) is 19.4 Å². The molecule has 2 amide bonds. The molecule has 280 valence electrons. The maximum atomic E-state index is 14.2. The SMILES string of the molecule is Cn1c(C2CCN(C(=O)OC(C)(C)C)CC2)nc2c3c(-c4ccnc(N(CC5CC5)C(=O)OC(C)(C)C)c4)cn(S(=O)(=O)c4ccccc4)c3ncc21. The number of pyridine rings is 2. The maximum absolute atomic E-state index is 14.2. The van der Waals surface area contributed by atoms with Gasteiger partial charge in [0.1, 0.15) is 28.4 Å². The molecule has 5 heterocycles. The average molecular weight is 742 g/mol. The fourth-order valence-electron chi connectivity index (χ4n) is 6.80. The van der Waals surface area contributed by atoms with Gasteiger partial charge in [-0.1, -0.05) is 18.2 Å². The lowest BCUT2D eigenvalue weighted by molar-refractivity contribution is 0.0202. The monoisotopic (exact) mass is 741 g/mol. The number of fused-ring (bicyclic) bond motifs is 3. The van der Waals surface area contributed by atoms with Crippen LogP contribution in [-0.2, 0) is 26.5 Å². The maximum Gasteiger partial charge on any atom is 0.416 e. The highest BCUT2D eigenvalue weighted by Crippen LogP contribution is 2.40. The van der Waals surface area contributed by atoms with E-state index < -0.39 is 27.3 Å². The second-order valence-corrected chi connectivity index (χ2v) is 17.9. The number of amides is 2. The van der Waals surface area contributed by atoms with Crippen molar-refractivity contribution in [1.82, 2.24) is 28.4 Å². The van der Waals surface area contributed by atoms with Crippen molar-refractivity contribution in [1.29, 1.82) is 0 Å². The minimum atomic E-state index is -4.07. The second-order valence-electron chi connectivity index (χ2n) is 16.1. The van der Waals surface area contributed by atoms with Crippen LogP contribution in [0, 0.1) is 5.92 Å². The van der Waals surface area contributed by atoms with Crippen LogP contribution in [0.1, 0.15) is 79.0 Å². The molecular formula is C39H47N7O6S. The molecular weight excluding hydrogens is 695 g/mol. The number of nitrogens with zero attached hydrogens (tertiary/aromatic N) is 7. The van der Waals surface area contributed by atoms with Crippen molar-refractivity contribution in [2.75, 3.05) is 24.5 Å². The molecule has 0 bridgehead atoms. The van der Waals surface area contributed by atoms with Crippen LogP contribution in [0.5, 0.6) is 0 Å². The van der Waals surface area contributed by atoms with Crippen LogP contribution >= 0.6 is 0 Å². The molecule has 53 heavy (non-hydrogen) atoms. The number of likely N-dealkylation sites (tertiary alicyclic amines) is 1. The van der Waals surface area contributed by atoms with Crippen molar-refractivity contribution in [3.63, 3.8) is 0 Å². The number of aryl methyl sites for hydroxylation is 1. The highest BCUT2D eigenvalue weighted by Gasteiger charge is 2.34. The molecule has 0 spiro atoms. The zero-order chi connectivity index (χ0) is 37.9. The number of hydrogen-bond acceptors (Lipinski definition) is 9. The summed E-state index contributed by atoms with van der Waals surface area (Å²) in [5.41, 5.74) is 1.56. The molecule has 0 atom stereocenters. The van der Waals surface area contributed by atoms with E-state index in [0.29, 0.717) is 66.2 Å². The summed E-state index contributed by atoms with van der Waals surface area (Å²) in [7, 11) is -2.13. The van der Waals surface area contributed by atoms with Gasteiger partial charge in [-0.25, -0.2) is 36.9 Å². The minimum absolute atomic E-state index is 0.0528. The summed E-state index contributed by atoms with van der Waals surface area (Å²) in [6, 6.07) is 11.9. The lowest BCUT2D eigenvalue weighted by Gasteiger charge is -2.33. The van der Waals surface area contributed by atoms with Gasteiger partial charge in [0.05, 0.1) is 22.0 Å². The van der Waals surface area contributed by atoms with E-state index in [1.54, 1.807) is 70.9 Å². The van der Waals surface area contributed by atoms with Gasteiger partial charge >= 0.3 is 12.2 Å². The number of rotatable bonds is 7. The van der Waals surface area contributed by atoms with Crippen LogP contribution in [0.3, 0.4) is 0 Å². The molecule has 1 saturated heterocycles. The van der Waals surface area contributed by atoms with Crippen LogP contribution < -0.4 is 4.90 Å². The molecule has 5 aromatic rings. The Labute approximate surface area is 310 Å². The van der Waals surface area contributed by atoms with E-state index in [1.165, 1.54) is 3.97 Å². The normalized spacial score (nSPS) is 15.9. The van der Waals surface area contributed by atoms with Crippen LogP contribution in [0.25, 0.3) is 33.2 Å². The van der Waals surface area contributed by atoms with Gasteiger partial charge in [0.25, 0.3) is 10.0 Å². The van der Waals surface area contributed by atoms with Crippen LogP contribution in [-0.4, -0.2) is 79.8 Å². The van der Waals surface area contributed by atoms with Gasteiger partial charge in [0.2, 0.25) is 0 Å². The number of ether oxygens (including phenoxy) is 2. The summed E-state index contributed by atoms with van der Waals surface area (Å²) in [5.74, 6) is 1.66. The predicted octanol–water partition coefficient (Wildman–Crippen LogP) is 7.49. The van der Waals surface area contributed by atoms with Crippen molar-refractivity contribution >= 4 is 50.1 Å². The minimum Gasteiger partial charge on any atom is -0.444 e. The summed E-state index contributed by atoms with van der Waals surface area (Å²) >= 11 is 0. The predicted molar refractivity (Wildman–Crippen MR) is 202 cm³/mol. The Balaban J connectivity index is 1.34. The summed E-state index contributed by atoms with van der Waals surface area (Å²) in [4.78, 5) is 44.3. The van der Waals surface area contributed by atoms with E-state index >= 15 is 0 Å². The first-order chi connectivity index (χ1) is 25.0. The lowest BCUT2D eigenvalue weighted by Crippen LogP contribution is -2.41. The molecule has 13 nitrogen and oxygen atoms in total. The van der Waals surface area contributed by atoms with Gasteiger partial charge < -0.3 is 18.9 Å². The molecule has 1 saturated carbocycles. The molecule has 0 radical (unpaired) electrons. The van der Waals surface area contributed by atoms with Crippen molar-refractivity contribution in [3.05, 3.63) is 66.9 Å². The third-order valence-corrected chi connectivity index (χ3v) is 11.2. The van der Waals surface area contributed by atoms with Crippen LogP contribution in [0.15, 0.2) is 66.0 Å². The first-order valence-corrected chi connectivity index (χ1v) is 19.6. The number of benzene rings is 1. The molecule has 2 fully saturated rings. The van der Waals surface area contributed by atoms with Gasteiger partial charge in [-0.2, -0.15) is 0 Å². The molecule has 1 aliphatic carbocycles. The number of carbonyl (C=O) groups excluding carboxylic acids is 2. The van der Waals surface area contributed by atoms with Crippen molar-refractivity contribution in [2.24, 2.45) is 13.0 Å². The molecule has 1 aliphatic heterocycles. The number of anilines is 1. The van der Waals surface area contributed by atoms with E-state index in [0.717, 1.165) is 24.2 Å². The van der Waals surface area contributed by atoms with Crippen LogP contribution in [0.2, 0.25) is 0 Å². The number of piperidine rings is 1. The lowest BCUT2D eigenvalue weighted by atomic mass is 9.96. The Morgan fingerprint density at radius 2 is 1.60 bits per heavy atom. The Bertz CT molecular complexity index is 2290. The zero-order valence-electron chi connectivity index (χ0n) is 31.4. The Morgan fingerprint density at radius 3 is 2.25 bits per heavy atom. The molecule has 2 aliphatic rings. The van der Waals surface area contributed by atoms with Crippen molar-refractivity contribution in [3.8, 4) is 11.1 Å². The quantitative estimate of drug-likeness (QED) is 0.166. The topological polar surface area (TPSA) is 142 Å². The standard InChI is InChI=1S/C39H47N7O6S/c1-38(2,3)51-36(47)44-19-16-26(17-20-44)34-42-33-30(43(34)7)22-41-35-32(33)29(24-46(35)53(49,50)28-11-9-8-10-12-28)27-15-18-40-31(21-27)45(23-25-13-14-25)37(48)52-39(4,5)6/h8-12,15,18,21-22,24-26H,13-14,16-17,19-20,23H2,1-7H3. The Kier molecular flexibility index (Phi) is 9.24. The molecule has 4 aromatic heterocycles. The first kappa shape index (κ1) is 36.4. The van der Waals surface area contributed by atoms with E-state index in [-0.39, 0.29) is 22.6 Å². The van der Waals surface area contributed by atoms with Crippen molar-refractivity contribution < 1.29 is 27.5 Å². The molecule has 0 N–H and O–H groups in total. The second kappa shape index (κ2) is 13.5. The largest absolute Gasteiger partial charge is 0.444 e. The summed E-state index contributed by atoms with van der Waals surface area (Å²) < 4.78 is 43.1. The third kappa shape index (κ3) is 7.46. The Hall–Kier alpha value is -4.98. The van der Waals surface area contributed by atoms with E-state index in [2.05, 4.69) is 4.98 Å². The number of aromatic nitrogens is 5. The number of carbonyl (C=O) groups is 2. The summed E-state index contributed by atoms with van der Waals surface area (Å²) in [6.07, 6.45) is 7.51. The molecule has 14 heteroatoms. The summed E-state index contributed by atoms with van der Waals surface area (Å²) in [6.45, 7) is 12.6. The fourth-order valence-corrected chi connectivity index (χ4v) is 8.14. The zero-order valence-corrected chi connectivity index (χ0v) is 32.2. The first-order valence-electron chi connectivity index (χ1n) is 18.1. The van der Waals surface area contributed by atoms with Gasteiger partial charge in [-0.3, -0.25) is 4.90 Å². The van der Waals surface area contributed by atoms with E-state index in [9.17, 15) is 18.0 Å². The average Bonchev–Trinajstić information content (AvgIpc) is 3.74. The fraction of sp³-hybridized carbons (Fsp3) is 0.462. The van der Waals surface area contributed by atoms with E-state index in [1.807, 2.05) is 53.2 Å². The Morgan fingerprint density at radius 1 is 0.925 bits per heavy atom. The molecule has 7 rings (SSSR count). The number of hydrogen-bond donors (Lipinski definition) is 0. The van der Waals surface area contributed by atoms with Gasteiger partial charge in [-0.15, -0.1) is 0 Å². The highest BCUT2D eigenvalue weighted by atomic mass is 32.2. The summed E-state index contributed by atoms with van der Waals surface area (Å²) in [5, 5.41) is 0.568.